The Morgan fingerprint density at radius 3 is 2.32 bits per heavy atom. The predicted octanol–water partition coefficient (Wildman–Crippen LogP) is 4.83. The van der Waals surface area contributed by atoms with Gasteiger partial charge in [-0.25, -0.2) is 4.39 Å². The van der Waals surface area contributed by atoms with Crippen molar-refractivity contribution in [2.45, 2.75) is 38.6 Å². The first kappa shape index (κ1) is 19.8. The third-order valence-electron chi connectivity index (χ3n) is 5.03. The highest BCUT2D eigenvalue weighted by Gasteiger charge is 2.45. The van der Waals surface area contributed by atoms with E-state index in [9.17, 15) is 19.1 Å². The van der Waals surface area contributed by atoms with Gasteiger partial charge in [0, 0.05) is 12.1 Å². The number of halogens is 1. The second-order valence-corrected chi connectivity index (χ2v) is 6.97. The number of hydrogen-bond donors (Lipinski definition) is 1. The zero-order chi connectivity index (χ0) is 20.1. The van der Waals surface area contributed by atoms with Crippen LogP contribution in [0, 0.1) is 5.82 Å². The number of hydrogen-bond acceptors (Lipinski definition) is 3. The minimum absolute atomic E-state index is 0.0540. The summed E-state index contributed by atoms with van der Waals surface area (Å²) in [6, 6.07) is 13.7. The van der Waals surface area contributed by atoms with Crippen molar-refractivity contribution < 1.29 is 19.1 Å². The van der Waals surface area contributed by atoms with Crippen molar-refractivity contribution >= 4 is 17.4 Å². The van der Waals surface area contributed by atoms with Gasteiger partial charge >= 0.3 is 0 Å². The summed E-state index contributed by atoms with van der Waals surface area (Å²) in [5.74, 6) is -1.93. The monoisotopic (exact) mass is 381 g/mol. The molecule has 146 valence electrons. The van der Waals surface area contributed by atoms with Crippen LogP contribution in [0.4, 0.5) is 4.39 Å². The Hall–Kier alpha value is -2.95. The van der Waals surface area contributed by atoms with E-state index >= 15 is 0 Å². The molecule has 0 aromatic heterocycles. The molecule has 0 bridgehead atoms. The summed E-state index contributed by atoms with van der Waals surface area (Å²) in [4.78, 5) is 27.0. The van der Waals surface area contributed by atoms with Crippen LogP contribution < -0.4 is 0 Å². The molecule has 0 aliphatic carbocycles. The summed E-state index contributed by atoms with van der Waals surface area (Å²) in [6.45, 7) is 2.52. The van der Waals surface area contributed by atoms with Crippen LogP contribution in [0.5, 0.6) is 0 Å². The van der Waals surface area contributed by atoms with E-state index in [-0.39, 0.29) is 11.3 Å². The van der Waals surface area contributed by atoms with E-state index in [0.717, 1.165) is 25.7 Å². The van der Waals surface area contributed by atoms with E-state index in [1.807, 2.05) is 0 Å². The van der Waals surface area contributed by atoms with Gasteiger partial charge in [0.15, 0.2) is 0 Å². The quantitative estimate of drug-likeness (QED) is 0.323. The maximum absolute atomic E-state index is 13.4. The zero-order valence-electron chi connectivity index (χ0n) is 15.9. The number of aliphatic hydroxyl groups excluding tert-OH is 1. The van der Waals surface area contributed by atoms with Crippen molar-refractivity contribution in [1.82, 2.24) is 4.90 Å². The molecule has 4 nitrogen and oxygen atoms in total. The Morgan fingerprint density at radius 1 is 1.00 bits per heavy atom. The number of benzene rings is 2. The molecule has 1 amide bonds. The number of ketones is 1. The van der Waals surface area contributed by atoms with Gasteiger partial charge in [0.25, 0.3) is 11.7 Å². The van der Waals surface area contributed by atoms with Crippen LogP contribution in [-0.4, -0.2) is 28.2 Å². The lowest BCUT2D eigenvalue weighted by Crippen LogP contribution is -2.30. The Morgan fingerprint density at radius 2 is 1.68 bits per heavy atom. The molecular formula is C23H24FNO3. The average molecular weight is 381 g/mol. The first-order valence-electron chi connectivity index (χ1n) is 9.64. The van der Waals surface area contributed by atoms with Crippen molar-refractivity contribution in [3.05, 3.63) is 77.1 Å². The van der Waals surface area contributed by atoms with Gasteiger partial charge in [-0.1, -0.05) is 68.7 Å². The van der Waals surface area contributed by atoms with Crippen LogP contribution >= 0.6 is 0 Å². The van der Waals surface area contributed by atoms with Crippen LogP contribution in [0.25, 0.3) is 5.76 Å². The molecule has 0 radical (unpaired) electrons. The second-order valence-electron chi connectivity index (χ2n) is 6.97. The molecule has 1 N–H and O–H groups in total. The van der Waals surface area contributed by atoms with Crippen LogP contribution in [-0.2, 0) is 9.59 Å². The largest absolute Gasteiger partial charge is 0.507 e. The van der Waals surface area contributed by atoms with Crippen molar-refractivity contribution in [1.29, 1.82) is 0 Å². The highest BCUT2D eigenvalue weighted by Crippen LogP contribution is 2.39. The van der Waals surface area contributed by atoms with E-state index in [2.05, 4.69) is 6.92 Å². The first-order valence-corrected chi connectivity index (χ1v) is 9.64. The van der Waals surface area contributed by atoms with Crippen LogP contribution in [0.2, 0.25) is 0 Å². The van der Waals surface area contributed by atoms with Crippen molar-refractivity contribution in [3.63, 3.8) is 0 Å². The number of nitrogens with zero attached hydrogens (tertiary/aromatic N) is 1. The Balaban J connectivity index is 2.04. The summed E-state index contributed by atoms with van der Waals surface area (Å²) in [7, 11) is 0. The van der Waals surface area contributed by atoms with Crippen molar-refractivity contribution in [3.8, 4) is 0 Å². The zero-order valence-corrected chi connectivity index (χ0v) is 15.9. The fraction of sp³-hybridized carbons (Fsp3) is 0.304. The van der Waals surface area contributed by atoms with E-state index in [1.165, 1.54) is 17.0 Å². The van der Waals surface area contributed by atoms with Crippen LogP contribution in [0.15, 0.2) is 60.2 Å². The van der Waals surface area contributed by atoms with Gasteiger partial charge in [-0.2, -0.15) is 0 Å². The van der Waals surface area contributed by atoms with Gasteiger partial charge in [-0.05, 0) is 24.1 Å². The molecule has 0 spiro atoms. The summed E-state index contributed by atoms with van der Waals surface area (Å²) in [6.07, 6.45) is 3.83. The number of unbranched alkanes of at least 4 members (excludes halogenated alkanes) is 3. The number of rotatable bonds is 7. The van der Waals surface area contributed by atoms with E-state index in [0.29, 0.717) is 17.7 Å². The third kappa shape index (κ3) is 3.98. The van der Waals surface area contributed by atoms with E-state index in [1.54, 1.807) is 42.5 Å². The lowest BCUT2D eigenvalue weighted by Gasteiger charge is -2.25. The molecule has 1 aliphatic rings. The van der Waals surface area contributed by atoms with Crippen LogP contribution in [0.3, 0.4) is 0 Å². The topological polar surface area (TPSA) is 57.6 Å². The molecule has 1 atom stereocenters. The molecule has 3 rings (SSSR count). The number of aliphatic hydroxyl groups is 1. The van der Waals surface area contributed by atoms with Gasteiger partial charge in [-0.3, -0.25) is 9.59 Å². The highest BCUT2D eigenvalue weighted by atomic mass is 19.1. The lowest BCUT2D eigenvalue weighted by atomic mass is 9.95. The summed E-state index contributed by atoms with van der Waals surface area (Å²) in [5, 5.41) is 10.8. The number of carbonyl (C=O) groups excluding carboxylic acids is 2. The minimum Gasteiger partial charge on any atom is -0.507 e. The molecule has 1 fully saturated rings. The highest BCUT2D eigenvalue weighted by molar-refractivity contribution is 6.46. The van der Waals surface area contributed by atoms with Gasteiger partial charge in [0.05, 0.1) is 11.6 Å². The fourth-order valence-electron chi connectivity index (χ4n) is 3.56. The molecule has 0 saturated carbocycles. The molecule has 1 aliphatic heterocycles. The standard InChI is InChI=1S/C23H24FNO3/c1-2-3-4-8-15-25-20(16-11-13-18(24)14-12-16)19(22(27)23(25)28)21(26)17-9-6-5-7-10-17/h5-7,9-14,20,26H,2-4,8,15H2,1H3/b21-19+/t20-/m1/s1. The molecule has 2 aromatic rings. The normalized spacial score (nSPS) is 18.6. The van der Waals surface area contributed by atoms with E-state index in [4.69, 9.17) is 0 Å². The first-order chi connectivity index (χ1) is 13.5. The number of likely N-dealkylation sites (tertiary alicyclic amines) is 1. The van der Waals surface area contributed by atoms with Crippen molar-refractivity contribution in [2.75, 3.05) is 6.54 Å². The Kier molecular flexibility index (Phi) is 6.24. The molecule has 1 saturated heterocycles. The van der Waals surface area contributed by atoms with E-state index < -0.39 is 23.5 Å². The van der Waals surface area contributed by atoms with Gasteiger partial charge in [-0.15, -0.1) is 0 Å². The molecule has 1 heterocycles. The maximum Gasteiger partial charge on any atom is 0.295 e. The lowest BCUT2D eigenvalue weighted by molar-refractivity contribution is -0.139. The number of carbonyl (C=O) groups is 2. The molecule has 5 heteroatoms. The summed E-state index contributed by atoms with van der Waals surface area (Å²) in [5.41, 5.74) is 1.13. The van der Waals surface area contributed by atoms with Gasteiger partial charge < -0.3 is 10.0 Å². The molecule has 2 aromatic carbocycles. The Labute approximate surface area is 164 Å². The van der Waals surface area contributed by atoms with Gasteiger partial charge in [0.2, 0.25) is 0 Å². The van der Waals surface area contributed by atoms with Crippen molar-refractivity contribution in [2.24, 2.45) is 0 Å². The molecule has 28 heavy (non-hydrogen) atoms. The van der Waals surface area contributed by atoms with Crippen LogP contribution in [0.1, 0.15) is 49.8 Å². The molecular weight excluding hydrogens is 357 g/mol. The summed E-state index contributed by atoms with van der Waals surface area (Å²) < 4.78 is 13.4. The second kappa shape index (κ2) is 8.83. The molecule has 0 unspecified atom stereocenters. The fourth-order valence-corrected chi connectivity index (χ4v) is 3.56. The smallest absolute Gasteiger partial charge is 0.295 e. The maximum atomic E-state index is 13.4. The minimum atomic E-state index is -0.720. The predicted molar refractivity (Wildman–Crippen MR) is 106 cm³/mol. The Bertz CT molecular complexity index is 874. The summed E-state index contributed by atoms with van der Waals surface area (Å²) >= 11 is 0. The number of amides is 1. The average Bonchev–Trinajstić information content (AvgIpc) is 2.97. The third-order valence-corrected chi connectivity index (χ3v) is 5.03. The SMILES string of the molecule is CCCCCCN1C(=O)C(=O)/C(=C(/O)c2ccccc2)[C@H]1c1ccc(F)cc1. The number of Topliss-reactive ketones (excluding diaryl/α,β-unsaturated/α-hetero) is 1. The van der Waals surface area contributed by atoms with Gasteiger partial charge in [0.1, 0.15) is 11.6 Å².